The summed E-state index contributed by atoms with van der Waals surface area (Å²) in [6.45, 7) is 4.78. The highest BCUT2D eigenvalue weighted by Gasteiger charge is 2.34. The van der Waals surface area contributed by atoms with Crippen molar-refractivity contribution in [2.45, 2.75) is 45.8 Å². The predicted octanol–water partition coefficient (Wildman–Crippen LogP) is 5.89. The molecule has 0 bridgehead atoms. The van der Waals surface area contributed by atoms with Crippen LogP contribution in [0, 0.1) is 6.92 Å². The summed E-state index contributed by atoms with van der Waals surface area (Å²) in [5, 5.41) is 3.97. The Hall–Kier alpha value is -2.78. The number of halogens is 3. The zero-order chi connectivity index (χ0) is 29.6. The van der Waals surface area contributed by atoms with Gasteiger partial charge in [0.25, 0.3) is 0 Å². The van der Waals surface area contributed by atoms with Gasteiger partial charge in [0.1, 0.15) is 12.6 Å². The highest BCUT2D eigenvalue weighted by molar-refractivity contribution is 7.92. The molecule has 40 heavy (non-hydrogen) atoms. The molecule has 1 N–H and O–H groups in total. The van der Waals surface area contributed by atoms with Crippen LogP contribution in [0.15, 0.2) is 66.7 Å². The molecule has 7 nitrogen and oxygen atoms in total. The van der Waals surface area contributed by atoms with Gasteiger partial charge in [-0.25, -0.2) is 8.42 Å². The van der Waals surface area contributed by atoms with Crippen molar-refractivity contribution in [2.75, 3.05) is 17.1 Å². The SMILES string of the molecule is Cc1ccc(Cl)cc1N(CC(=O)N(Cc1ccc(Cl)cc1Cl)C(Cc1ccccc1)C(=O)NC(C)C)S(C)(=O)=O. The molecular weight excluding hydrogens is 593 g/mol. The number of amides is 2. The van der Waals surface area contributed by atoms with E-state index >= 15 is 0 Å². The molecule has 0 aliphatic heterocycles. The van der Waals surface area contributed by atoms with Crippen molar-refractivity contribution < 1.29 is 18.0 Å². The Bertz CT molecular complexity index is 1470. The van der Waals surface area contributed by atoms with Crippen LogP contribution in [-0.2, 0) is 32.6 Å². The Labute approximate surface area is 251 Å². The number of carbonyl (C=O) groups excluding carboxylic acids is 2. The van der Waals surface area contributed by atoms with Crippen molar-refractivity contribution in [3.05, 3.63) is 98.5 Å². The van der Waals surface area contributed by atoms with E-state index in [4.69, 9.17) is 34.8 Å². The maximum Gasteiger partial charge on any atom is 0.244 e. The van der Waals surface area contributed by atoms with Crippen LogP contribution in [0.5, 0.6) is 0 Å². The van der Waals surface area contributed by atoms with E-state index in [0.29, 0.717) is 26.2 Å². The van der Waals surface area contributed by atoms with Gasteiger partial charge in [0.05, 0.1) is 11.9 Å². The Morgan fingerprint density at radius 3 is 2.15 bits per heavy atom. The number of rotatable bonds is 11. The minimum absolute atomic E-state index is 0.0516. The van der Waals surface area contributed by atoms with E-state index in [1.54, 1.807) is 37.3 Å². The highest BCUT2D eigenvalue weighted by Crippen LogP contribution is 2.28. The lowest BCUT2D eigenvalue weighted by Gasteiger charge is -2.34. The number of anilines is 1. The predicted molar refractivity (Wildman–Crippen MR) is 163 cm³/mol. The zero-order valence-corrected chi connectivity index (χ0v) is 25.8. The summed E-state index contributed by atoms with van der Waals surface area (Å²) in [5.41, 5.74) is 2.28. The van der Waals surface area contributed by atoms with Gasteiger partial charge >= 0.3 is 0 Å². The van der Waals surface area contributed by atoms with E-state index in [1.807, 2.05) is 44.2 Å². The fourth-order valence-electron chi connectivity index (χ4n) is 4.21. The first-order valence-electron chi connectivity index (χ1n) is 12.6. The summed E-state index contributed by atoms with van der Waals surface area (Å²) in [6.07, 6.45) is 1.22. The van der Waals surface area contributed by atoms with Crippen LogP contribution in [0.4, 0.5) is 5.69 Å². The van der Waals surface area contributed by atoms with Gasteiger partial charge in [0.2, 0.25) is 21.8 Å². The summed E-state index contributed by atoms with van der Waals surface area (Å²) in [4.78, 5) is 29.1. The minimum Gasteiger partial charge on any atom is -0.352 e. The first-order valence-corrected chi connectivity index (χ1v) is 15.6. The Kier molecular flexibility index (Phi) is 10.9. The molecule has 3 aromatic rings. The van der Waals surface area contributed by atoms with E-state index < -0.39 is 28.5 Å². The van der Waals surface area contributed by atoms with Crippen LogP contribution in [0.2, 0.25) is 15.1 Å². The number of benzene rings is 3. The van der Waals surface area contributed by atoms with Gasteiger partial charge in [-0.1, -0.05) is 77.3 Å². The topological polar surface area (TPSA) is 86.8 Å². The van der Waals surface area contributed by atoms with Gasteiger partial charge in [0.15, 0.2) is 0 Å². The molecule has 0 saturated carbocycles. The summed E-state index contributed by atoms with van der Waals surface area (Å²) in [6, 6.07) is 17.8. The van der Waals surface area contributed by atoms with Crippen LogP contribution in [-0.4, -0.2) is 50.0 Å². The van der Waals surface area contributed by atoms with Crippen molar-refractivity contribution in [3.8, 4) is 0 Å². The van der Waals surface area contributed by atoms with Gasteiger partial charge in [-0.15, -0.1) is 0 Å². The maximum absolute atomic E-state index is 14.1. The molecule has 3 rings (SSSR count). The lowest BCUT2D eigenvalue weighted by molar-refractivity contribution is -0.140. The molecule has 1 atom stereocenters. The molecular formula is C29H32Cl3N3O4S. The van der Waals surface area contributed by atoms with Crippen molar-refractivity contribution in [3.63, 3.8) is 0 Å². The number of aryl methyl sites for hydroxylation is 1. The molecule has 2 amide bonds. The Morgan fingerprint density at radius 2 is 1.55 bits per heavy atom. The number of hydrogen-bond donors (Lipinski definition) is 1. The third-order valence-corrected chi connectivity index (χ3v) is 8.13. The fraction of sp³-hybridized carbons (Fsp3) is 0.310. The maximum atomic E-state index is 14.1. The van der Waals surface area contributed by atoms with E-state index in [2.05, 4.69) is 5.32 Å². The van der Waals surface area contributed by atoms with Crippen molar-refractivity contribution in [1.82, 2.24) is 10.2 Å². The van der Waals surface area contributed by atoms with Gasteiger partial charge in [-0.3, -0.25) is 13.9 Å². The van der Waals surface area contributed by atoms with E-state index in [1.165, 1.54) is 11.0 Å². The van der Waals surface area contributed by atoms with Crippen LogP contribution in [0.25, 0.3) is 0 Å². The molecule has 3 aromatic carbocycles. The van der Waals surface area contributed by atoms with Crippen molar-refractivity contribution in [1.29, 1.82) is 0 Å². The van der Waals surface area contributed by atoms with Gasteiger partial charge in [0, 0.05) is 34.1 Å². The molecule has 0 aliphatic rings. The summed E-state index contributed by atoms with van der Waals surface area (Å²) in [7, 11) is -3.91. The first kappa shape index (κ1) is 31.7. The zero-order valence-electron chi connectivity index (χ0n) is 22.7. The first-order chi connectivity index (χ1) is 18.8. The average Bonchev–Trinajstić information content (AvgIpc) is 2.86. The molecule has 0 saturated heterocycles. The normalized spacial score (nSPS) is 12.2. The Morgan fingerprint density at radius 1 is 0.925 bits per heavy atom. The van der Waals surface area contributed by atoms with Crippen LogP contribution in [0.1, 0.15) is 30.5 Å². The molecule has 0 heterocycles. The molecule has 0 aliphatic carbocycles. The summed E-state index contributed by atoms with van der Waals surface area (Å²) < 4.78 is 26.9. The van der Waals surface area contributed by atoms with Crippen molar-refractivity contribution in [2.24, 2.45) is 0 Å². The third-order valence-electron chi connectivity index (χ3n) is 6.18. The van der Waals surface area contributed by atoms with E-state index in [-0.39, 0.29) is 30.6 Å². The number of nitrogens with zero attached hydrogens (tertiary/aromatic N) is 2. The Balaban J connectivity index is 2.11. The number of nitrogens with one attached hydrogen (secondary N) is 1. The van der Waals surface area contributed by atoms with E-state index in [9.17, 15) is 18.0 Å². The van der Waals surface area contributed by atoms with E-state index in [0.717, 1.165) is 16.1 Å². The highest BCUT2D eigenvalue weighted by atomic mass is 35.5. The summed E-state index contributed by atoms with van der Waals surface area (Å²) in [5.74, 6) is -0.960. The number of hydrogen-bond acceptors (Lipinski definition) is 4. The number of carbonyl (C=O) groups is 2. The molecule has 1 unspecified atom stereocenters. The van der Waals surface area contributed by atoms with Gasteiger partial charge in [-0.05, 0) is 61.7 Å². The second-order valence-electron chi connectivity index (χ2n) is 9.83. The second-order valence-corrected chi connectivity index (χ2v) is 13.0. The molecule has 214 valence electrons. The number of sulfonamides is 1. The average molecular weight is 625 g/mol. The van der Waals surface area contributed by atoms with Gasteiger partial charge < -0.3 is 10.2 Å². The monoisotopic (exact) mass is 623 g/mol. The minimum atomic E-state index is -3.91. The summed E-state index contributed by atoms with van der Waals surface area (Å²) >= 11 is 18.8. The van der Waals surface area contributed by atoms with Crippen molar-refractivity contribution >= 4 is 62.3 Å². The van der Waals surface area contributed by atoms with Crippen LogP contribution >= 0.6 is 34.8 Å². The molecule has 0 radical (unpaired) electrons. The van der Waals surface area contributed by atoms with Crippen LogP contribution in [0.3, 0.4) is 0 Å². The second kappa shape index (κ2) is 13.7. The standard InChI is InChI=1S/C29H32Cl3N3O4S/c1-19(2)33-29(37)27(14-21-8-6-5-7-9-21)34(17-22-11-13-23(30)15-25(22)32)28(36)18-35(40(4,38)39)26-16-24(31)12-10-20(26)3/h5-13,15-16,19,27H,14,17-18H2,1-4H3,(H,33,37). The molecule has 0 aromatic heterocycles. The lowest BCUT2D eigenvalue weighted by atomic mass is 10.0. The third kappa shape index (κ3) is 8.61. The molecule has 0 spiro atoms. The fourth-order valence-corrected chi connectivity index (χ4v) is 5.75. The van der Waals surface area contributed by atoms with Crippen LogP contribution < -0.4 is 9.62 Å². The lowest BCUT2D eigenvalue weighted by Crippen LogP contribution is -2.54. The van der Waals surface area contributed by atoms with Gasteiger partial charge in [-0.2, -0.15) is 0 Å². The molecule has 11 heteroatoms. The molecule has 0 fully saturated rings. The largest absolute Gasteiger partial charge is 0.352 e. The quantitative estimate of drug-likeness (QED) is 0.289. The smallest absolute Gasteiger partial charge is 0.244 e.